The molecule has 1 amide bonds. The molecule has 0 bridgehead atoms. The Morgan fingerprint density at radius 2 is 1.62 bits per heavy atom. The summed E-state index contributed by atoms with van der Waals surface area (Å²) in [6.45, 7) is 0. The van der Waals surface area contributed by atoms with E-state index in [9.17, 15) is 18.0 Å². The maximum Gasteiger partial charge on any atom is 0.391 e. The molecule has 0 atom stereocenters. The molecule has 1 rings (SSSR count). The van der Waals surface area contributed by atoms with Crippen LogP contribution < -0.4 is 5.73 Å². The van der Waals surface area contributed by atoms with E-state index in [-0.39, 0.29) is 31.6 Å². The van der Waals surface area contributed by atoms with Crippen molar-refractivity contribution in [3.8, 4) is 0 Å². The fraction of sp³-hybridized carbons (Fsp3) is 0.875. The predicted molar refractivity (Wildman–Crippen MR) is 40.7 cm³/mol. The number of hydrogen-bond acceptors (Lipinski definition) is 1. The molecule has 0 spiro atoms. The highest BCUT2D eigenvalue weighted by atomic mass is 19.4. The highest BCUT2D eigenvalue weighted by Crippen LogP contribution is 2.39. The van der Waals surface area contributed by atoms with Crippen LogP contribution in [0.3, 0.4) is 0 Å². The lowest BCUT2D eigenvalue weighted by atomic mass is 9.81. The molecule has 1 aliphatic carbocycles. The van der Waals surface area contributed by atoms with E-state index in [2.05, 4.69) is 0 Å². The molecule has 0 aliphatic heterocycles. The van der Waals surface area contributed by atoms with Crippen molar-refractivity contribution in [2.75, 3.05) is 0 Å². The van der Waals surface area contributed by atoms with Crippen LogP contribution in [0.25, 0.3) is 0 Å². The molecule has 2 N–H and O–H groups in total. The van der Waals surface area contributed by atoms with Crippen molar-refractivity contribution in [2.24, 2.45) is 17.6 Å². The van der Waals surface area contributed by atoms with Crippen molar-refractivity contribution < 1.29 is 18.0 Å². The Hall–Kier alpha value is -0.740. The van der Waals surface area contributed by atoms with E-state index in [1.54, 1.807) is 0 Å². The minimum absolute atomic E-state index is 0.0388. The van der Waals surface area contributed by atoms with Gasteiger partial charge in [0.15, 0.2) is 0 Å². The summed E-state index contributed by atoms with van der Waals surface area (Å²) in [6.07, 6.45) is -3.48. The Labute approximate surface area is 74.3 Å². The number of alkyl halides is 3. The number of rotatable bonds is 1. The second kappa shape index (κ2) is 3.55. The summed E-state index contributed by atoms with van der Waals surface area (Å²) in [7, 11) is 0. The number of hydrogen-bond donors (Lipinski definition) is 1. The smallest absolute Gasteiger partial charge is 0.369 e. The molecule has 0 aromatic rings. The van der Waals surface area contributed by atoms with Gasteiger partial charge in [-0.15, -0.1) is 0 Å². The van der Waals surface area contributed by atoms with Crippen LogP contribution in [0.5, 0.6) is 0 Å². The van der Waals surface area contributed by atoms with Gasteiger partial charge in [-0.3, -0.25) is 4.79 Å². The molecule has 5 heteroatoms. The average Bonchev–Trinajstić information content (AvgIpc) is 2.03. The topological polar surface area (TPSA) is 43.1 Å². The summed E-state index contributed by atoms with van der Waals surface area (Å²) in [5.41, 5.74) is 5.00. The summed E-state index contributed by atoms with van der Waals surface area (Å²) in [5.74, 6) is -2.05. The van der Waals surface area contributed by atoms with Crippen LogP contribution in [0.15, 0.2) is 0 Å². The first kappa shape index (κ1) is 10.3. The normalized spacial score (nSPS) is 30.1. The van der Waals surface area contributed by atoms with E-state index in [0.717, 1.165) is 0 Å². The van der Waals surface area contributed by atoms with Gasteiger partial charge >= 0.3 is 6.18 Å². The standard InChI is InChI=1S/C8H12F3NO/c9-8(10,11)6-3-1-5(2-4-6)7(12)13/h5-6H,1-4H2,(H2,12,13)/t5-,6-. The van der Waals surface area contributed by atoms with E-state index in [4.69, 9.17) is 5.73 Å². The van der Waals surface area contributed by atoms with E-state index in [0.29, 0.717) is 0 Å². The fourth-order valence-corrected chi connectivity index (χ4v) is 1.71. The van der Waals surface area contributed by atoms with Gasteiger partial charge in [0, 0.05) is 5.92 Å². The van der Waals surface area contributed by atoms with Crippen LogP contribution in [0.2, 0.25) is 0 Å². The zero-order valence-electron chi connectivity index (χ0n) is 7.10. The average molecular weight is 195 g/mol. The minimum Gasteiger partial charge on any atom is -0.369 e. The molecule has 76 valence electrons. The quantitative estimate of drug-likeness (QED) is 0.681. The van der Waals surface area contributed by atoms with Gasteiger partial charge in [-0.1, -0.05) is 0 Å². The van der Waals surface area contributed by atoms with Gasteiger partial charge in [-0.2, -0.15) is 13.2 Å². The highest BCUT2D eigenvalue weighted by molar-refractivity contribution is 5.76. The van der Waals surface area contributed by atoms with Gasteiger partial charge < -0.3 is 5.73 Å². The molecule has 0 radical (unpaired) electrons. The molecule has 0 saturated heterocycles. The molecule has 13 heavy (non-hydrogen) atoms. The van der Waals surface area contributed by atoms with Crippen LogP contribution in [-0.4, -0.2) is 12.1 Å². The first-order valence-corrected chi connectivity index (χ1v) is 4.27. The Morgan fingerprint density at radius 1 is 1.15 bits per heavy atom. The number of halogens is 3. The van der Waals surface area contributed by atoms with Gasteiger partial charge in [-0.25, -0.2) is 0 Å². The first-order chi connectivity index (χ1) is 5.91. The van der Waals surface area contributed by atoms with E-state index < -0.39 is 18.0 Å². The van der Waals surface area contributed by atoms with Crippen molar-refractivity contribution in [2.45, 2.75) is 31.9 Å². The molecule has 1 fully saturated rings. The molecule has 1 aliphatic rings. The van der Waals surface area contributed by atoms with Gasteiger partial charge in [0.2, 0.25) is 5.91 Å². The van der Waals surface area contributed by atoms with Crippen molar-refractivity contribution in [3.63, 3.8) is 0 Å². The molecule has 0 heterocycles. The van der Waals surface area contributed by atoms with Crippen molar-refractivity contribution in [3.05, 3.63) is 0 Å². The Balaban J connectivity index is 2.44. The van der Waals surface area contributed by atoms with Gasteiger partial charge in [0.25, 0.3) is 0 Å². The molecular formula is C8H12F3NO. The van der Waals surface area contributed by atoms with Crippen LogP contribution in [0.1, 0.15) is 25.7 Å². The van der Waals surface area contributed by atoms with Crippen LogP contribution in [0.4, 0.5) is 13.2 Å². The number of amides is 1. The lowest BCUT2D eigenvalue weighted by Gasteiger charge is -2.27. The van der Waals surface area contributed by atoms with E-state index in [1.165, 1.54) is 0 Å². The first-order valence-electron chi connectivity index (χ1n) is 4.27. The van der Waals surface area contributed by atoms with Crippen LogP contribution in [-0.2, 0) is 4.79 Å². The Bertz CT molecular complexity index is 194. The largest absolute Gasteiger partial charge is 0.391 e. The van der Waals surface area contributed by atoms with Crippen LogP contribution in [0, 0.1) is 11.8 Å². The SMILES string of the molecule is NC(=O)[C@H]1CC[C@H](C(F)(F)F)CC1. The molecule has 1 saturated carbocycles. The monoisotopic (exact) mass is 195 g/mol. The summed E-state index contributed by atoms with van der Waals surface area (Å²) >= 11 is 0. The maximum absolute atomic E-state index is 12.2. The summed E-state index contributed by atoms with van der Waals surface area (Å²) in [6, 6.07) is 0. The van der Waals surface area contributed by atoms with Crippen molar-refractivity contribution in [1.82, 2.24) is 0 Å². The summed E-state index contributed by atoms with van der Waals surface area (Å²) < 4.78 is 36.5. The zero-order valence-corrected chi connectivity index (χ0v) is 7.10. The Morgan fingerprint density at radius 3 is 1.92 bits per heavy atom. The molecular weight excluding hydrogens is 183 g/mol. The second-order valence-electron chi connectivity index (χ2n) is 3.49. The fourth-order valence-electron chi connectivity index (χ4n) is 1.71. The van der Waals surface area contributed by atoms with Crippen molar-refractivity contribution >= 4 is 5.91 Å². The third kappa shape index (κ3) is 2.60. The third-order valence-electron chi connectivity index (χ3n) is 2.59. The summed E-state index contributed by atoms with van der Waals surface area (Å²) in [5, 5.41) is 0. The number of nitrogens with two attached hydrogens (primary N) is 1. The number of carbonyl (C=O) groups excluding carboxylic acids is 1. The zero-order chi connectivity index (χ0) is 10.1. The molecule has 0 aromatic carbocycles. The lowest BCUT2D eigenvalue weighted by Crippen LogP contribution is -2.32. The second-order valence-corrected chi connectivity index (χ2v) is 3.49. The molecule has 0 unspecified atom stereocenters. The predicted octanol–water partition coefficient (Wildman–Crippen LogP) is 1.84. The lowest BCUT2D eigenvalue weighted by molar-refractivity contribution is -0.184. The minimum atomic E-state index is -4.11. The molecule has 2 nitrogen and oxygen atoms in total. The third-order valence-corrected chi connectivity index (χ3v) is 2.59. The van der Waals surface area contributed by atoms with Crippen LogP contribution >= 0.6 is 0 Å². The van der Waals surface area contributed by atoms with E-state index in [1.807, 2.05) is 0 Å². The van der Waals surface area contributed by atoms with Gasteiger partial charge in [0.05, 0.1) is 5.92 Å². The van der Waals surface area contributed by atoms with E-state index >= 15 is 0 Å². The molecule has 0 aromatic heterocycles. The highest BCUT2D eigenvalue weighted by Gasteiger charge is 2.42. The Kier molecular flexibility index (Phi) is 2.83. The maximum atomic E-state index is 12.2. The van der Waals surface area contributed by atoms with Gasteiger partial charge in [-0.05, 0) is 25.7 Å². The van der Waals surface area contributed by atoms with Gasteiger partial charge in [0.1, 0.15) is 0 Å². The number of primary amides is 1. The summed E-state index contributed by atoms with van der Waals surface area (Å²) in [4.78, 5) is 10.7. The number of carbonyl (C=O) groups is 1. The van der Waals surface area contributed by atoms with Crippen molar-refractivity contribution in [1.29, 1.82) is 0 Å².